The lowest BCUT2D eigenvalue weighted by atomic mass is 10.0. The van der Waals surface area contributed by atoms with Crippen molar-refractivity contribution in [2.24, 2.45) is 0 Å². The number of nitrogens with one attached hydrogen (secondary N) is 1. The number of benzene rings is 2. The summed E-state index contributed by atoms with van der Waals surface area (Å²) in [7, 11) is -3.56. The van der Waals surface area contributed by atoms with Gasteiger partial charge in [-0.15, -0.1) is 0 Å². The van der Waals surface area contributed by atoms with Gasteiger partial charge in [0.2, 0.25) is 10.0 Å². The van der Waals surface area contributed by atoms with Gasteiger partial charge in [0.1, 0.15) is 0 Å². The predicted molar refractivity (Wildman–Crippen MR) is 109 cm³/mol. The van der Waals surface area contributed by atoms with Crippen LogP contribution in [0.25, 0.3) is 0 Å². The molecule has 0 aliphatic carbocycles. The van der Waals surface area contributed by atoms with E-state index in [0.717, 1.165) is 11.1 Å². The lowest BCUT2D eigenvalue weighted by Gasteiger charge is -2.28. The number of carbonyl (C=O) groups is 1. The number of hydrogen-bond acceptors (Lipinski definition) is 4. The van der Waals surface area contributed by atoms with Gasteiger partial charge in [0, 0.05) is 18.8 Å². The summed E-state index contributed by atoms with van der Waals surface area (Å²) in [5, 5.41) is 2.79. The highest BCUT2D eigenvalue weighted by molar-refractivity contribution is 9.10. The molecule has 0 radical (unpaired) electrons. The van der Waals surface area contributed by atoms with Gasteiger partial charge >= 0.3 is 0 Å². The fourth-order valence-electron chi connectivity index (χ4n) is 3.18. The van der Waals surface area contributed by atoms with E-state index in [2.05, 4.69) is 21.2 Å². The van der Waals surface area contributed by atoms with Gasteiger partial charge < -0.3 is 9.73 Å². The number of furan rings is 1. The Labute approximate surface area is 171 Å². The molecule has 0 atom stereocenters. The first-order chi connectivity index (χ1) is 13.4. The summed E-state index contributed by atoms with van der Waals surface area (Å²) in [6.45, 7) is 0.693. The van der Waals surface area contributed by atoms with Gasteiger partial charge in [0.05, 0.1) is 4.90 Å². The molecule has 0 saturated heterocycles. The van der Waals surface area contributed by atoms with Crippen LogP contribution in [0, 0.1) is 0 Å². The van der Waals surface area contributed by atoms with Crippen molar-refractivity contribution in [1.29, 1.82) is 0 Å². The fraction of sp³-hybridized carbons (Fsp3) is 0.150. The van der Waals surface area contributed by atoms with E-state index in [1.807, 2.05) is 18.2 Å². The zero-order valence-corrected chi connectivity index (χ0v) is 17.2. The van der Waals surface area contributed by atoms with Crippen molar-refractivity contribution in [2.75, 3.05) is 11.9 Å². The molecule has 6 nitrogen and oxygen atoms in total. The second-order valence-electron chi connectivity index (χ2n) is 6.44. The van der Waals surface area contributed by atoms with Crippen LogP contribution in [-0.2, 0) is 23.0 Å². The van der Waals surface area contributed by atoms with Gasteiger partial charge in [-0.2, -0.15) is 4.31 Å². The third-order valence-electron chi connectivity index (χ3n) is 4.62. The van der Waals surface area contributed by atoms with Crippen molar-refractivity contribution in [2.45, 2.75) is 17.9 Å². The number of nitrogens with zero attached hydrogens (tertiary/aromatic N) is 1. The van der Waals surface area contributed by atoms with Crippen molar-refractivity contribution in [1.82, 2.24) is 4.31 Å². The first-order valence-electron chi connectivity index (χ1n) is 8.67. The lowest BCUT2D eigenvalue weighted by Crippen LogP contribution is -2.36. The normalized spacial score (nSPS) is 14.5. The van der Waals surface area contributed by atoms with Crippen molar-refractivity contribution in [3.63, 3.8) is 0 Å². The SMILES string of the molecule is O=C(Nc1ccc2c(c1)CN(S(=O)(=O)c1ccccc1)CC2)c1ccc(Br)o1. The van der Waals surface area contributed by atoms with Crippen molar-refractivity contribution >= 4 is 37.5 Å². The maximum Gasteiger partial charge on any atom is 0.291 e. The Hall–Kier alpha value is -2.42. The average molecular weight is 461 g/mol. The number of fused-ring (bicyclic) bond motifs is 1. The quantitative estimate of drug-likeness (QED) is 0.636. The molecule has 4 rings (SSSR count). The van der Waals surface area contributed by atoms with Gasteiger partial charge in [-0.25, -0.2) is 8.42 Å². The number of halogens is 1. The van der Waals surface area contributed by atoms with Crippen molar-refractivity contribution in [3.8, 4) is 0 Å². The van der Waals surface area contributed by atoms with Crippen LogP contribution in [0.2, 0.25) is 0 Å². The second kappa shape index (κ2) is 7.54. The predicted octanol–water partition coefficient (Wildman–Crippen LogP) is 4.04. The molecule has 1 amide bonds. The molecule has 1 N–H and O–H groups in total. The zero-order chi connectivity index (χ0) is 19.7. The van der Waals surface area contributed by atoms with Crippen LogP contribution in [0.4, 0.5) is 5.69 Å². The summed E-state index contributed by atoms with van der Waals surface area (Å²) in [6.07, 6.45) is 0.626. The Morgan fingerprint density at radius 3 is 2.54 bits per heavy atom. The molecule has 0 fully saturated rings. The number of anilines is 1. The Balaban J connectivity index is 1.55. The van der Waals surface area contributed by atoms with E-state index in [4.69, 9.17) is 4.42 Å². The maximum absolute atomic E-state index is 12.9. The van der Waals surface area contributed by atoms with E-state index in [1.54, 1.807) is 42.5 Å². The maximum atomic E-state index is 12.9. The van der Waals surface area contributed by atoms with E-state index < -0.39 is 10.0 Å². The average Bonchev–Trinajstić information content (AvgIpc) is 3.14. The van der Waals surface area contributed by atoms with Crippen LogP contribution in [0.1, 0.15) is 21.7 Å². The highest BCUT2D eigenvalue weighted by Crippen LogP contribution is 2.27. The van der Waals surface area contributed by atoms with Gasteiger partial charge in [-0.1, -0.05) is 24.3 Å². The Morgan fingerprint density at radius 1 is 1.04 bits per heavy atom. The monoisotopic (exact) mass is 460 g/mol. The molecule has 0 spiro atoms. The molecule has 0 bridgehead atoms. The van der Waals surface area contributed by atoms with Crippen LogP contribution >= 0.6 is 15.9 Å². The highest BCUT2D eigenvalue weighted by Gasteiger charge is 2.28. The number of hydrogen-bond donors (Lipinski definition) is 1. The minimum absolute atomic E-state index is 0.192. The van der Waals surface area contributed by atoms with Crippen molar-refractivity contribution < 1.29 is 17.6 Å². The third kappa shape index (κ3) is 3.76. The molecule has 1 aliphatic heterocycles. The van der Waals surface area contributed by atoms with Gasteiger partial charge in [-0.05, 0) is 69.9 Å². The highest BCUT2D eigenvalue weighted by atomic mass is 79.9. The number of amides is 1. The molecule has 2 aromatic carbocycles. The van der Waals surface area contributed by atoms with Crippen molar-refractivity contribution in [3.05, 3.63) is 82.2 Å². The largest absolute Gasteiger partial charge is 0.444 e. The van der Waals surface area contributed by atoms with Gasteiger partial charge in [-0.3, -0.25) is 4.79 Å². The van der Waals surface area contributed by atoms with Gasteiger partial charge in [0.25, 0.3) is 5.91 Å². The molecular weight excluding hydrogens is 444 g/mol. The second-order valence-corrected chi connectivity index (χ2v) is 9.16. The molecular formula is C20H17BrN2O4S. The summed E-state index contributed by atoms with van der Waals surface area (Å²) in [5.41, 5.74) is 2.55. The summed E-state index contributed by atoms with van der Waals surface area (Å²) >= 11 is 3.17. The Bertz CT molecular complexity index is 1130. The lowest BCUT2D eigenvalue weighted by molar-refractivity contribution is 0.0995. The molecule has 28 heavy (non-hydrogen) atoms. The summed E-state index contributed by atoms with van der Waals surface area (Å²) in [6, 6.07) is 17.2. The summed E-state index contributed by atoms with van der Waals surface area (Å²) in [4.78, 5) is 12.6. The van der Waals surface area contributed by atoms with E-state index in [1.165, 1.54) is 4.31 Å². The standard InChI is InChI=1S/C20H17BrN2O4S/c21-19-9-8-18(27-19)20(24)22-16-7-6-14-10-11-23(13-15(14)12-16)28(25,26)17-4-2-1-3-5-17/h1-9,12H,10-11,13H2,(H,22,24). The number of rotatable bonds is 4. The summed E-state index contributed by atoms with van der Waals surface area (Å²) in [5.74, 6) is -0.173. The molecule has 1 aromatic heterocycles. The van der Waals surface area contributed by atoms with Crippen LogP contribution < -0.4 is 5.32 Å². The smallest absolute Gasteiger partial charge is 0.291 e. The molecule has 1 aliphatic rings. The van der Waals surface area contributed by atoms with E-state index in [0.29, 0.717) is 23.3 Å². The number of carbonyl (C=O) groups excluding carboxylic acids is 1. The first kappa shape index (κ1) is 18.9. The summed E-state index contributed by atoms with van der Waals surface area (Å²) < 4.78 is 33.0. The molecule has 3 aromatic rings. The minimum Gasteiger partial charge on any atom is -0.444 e. The minimum atomic E-state index is -3.56. The van der Waals surface area contributed by atoms with E-state index in [9.17, 15) is 13.2 Å². The zero-order valence-electron chi connectivity index (χ0n) is 14.8. The molecule has 0 unspecified atom stereocenters. The van der Waals surface area contributed by atoms with Crippen LogP contribution in [0.15, 0.2) is 74.6 Å². The van der Waals surface area contributed by atoms with E-state index in [-0.39, 0.29) is 23.1 Å². The Kier molecular flexibility index (Phi) is 5.09. The Morgan fingerprint density at radius 2 is 1.82 bits per heavy atom. The molecule has 0 saturated carbocycles. The van der Waals surface area contributed by atoms with Crippen LogP contribution in [0.3, 0.4) is 0 Å². The first-order valence-corrected chi connectivity index (χ1v) is 10.9. The third-order valence-corrected chi connectivity index (χ3v) is 6.90. The van der Waals surface area contributed by atoms with E-state index >= 15 is 0 Å². The molecule has 8 heteroatoms. The van der Waals surface area contributed by atoms with Crippen LogP contribution in [0.5, 0.6) is 0 Å². The fourth-order valence-corrected chi connectivity index (χ4v) is 4.93. The molecule has 144 valence electrons. The van der Waals surface area contributed by atoms with Gasteiger partial charge in [0.15, 0.2) is 10.4 Å². The molecule has 2 heterocycles. The van der Waals surface area contributed by atoms with Crippen LogP contribution in [-0.4, -0.2) is 25.2 Å². The number of sulfonamides is 1. The topological polar surface area (TPSA) is 79.6 Å².